The van der Waals surface area contributed by atoms with Gasteiger partial charge in [0.15, 0.2) is 0 Å². The van der Waals surface area contributed by atoms with E-state index in [4.69, 9.17) is 5.73 Å². The van der Waals surface area contributed by atoms with Crippen LogP contribution in [0.1, 0.15) is 25.3 Å². The molecule has 106 valence electrons. The third-order valence-corrected chi connectivity index (χ3v) is 3.42. The summed E-state index contributed by atoms with van der Waals surface area (Å²) in [5.41, 5.74) is 9.17. The SMILES string of the molecule is CCCC(N)C(=O)Nc1ccc2c(c1)N(C)CC2.Cl. The Morgan fingerprint density at radius 2 is 2.26 bits per heavy atom. The van der Waals surface area contributed by atoms with Crippen molar-refractivity contribution in [2.45, 2.75) is 32.2 Å². The second kappa shape index (κ2) is 6.78. The molecule has 0 saturated carbocycles. The molecular weight excluding hydrogens is 262 g/mol. The van der Waals surface area contributed by atoms with Gasteiger partial charge in [-0.15, -0.1) is 12.4 Å². The van der Waals surface area contributed by atoms with Crippen LogP contribution in [0, 0.1) is 0 Å². The standard InChI is InChI=1S/C14H21N3O.ClH/c1-3-4-12(15)14(18)16-11-6-5-10-7-8-17(2)13(10)9-11;/h5-6,9,12H,3-4,7-8,15H2,1-2H3,(H,16,18);1H. The van der Waals surface area contributed by atoms with Crippen molar-refractivity contribution in [3.05, 3.63) is 23.8 Å². The molecule has 1 aliphatic heterocycles. The highest BCUT2D eigenvalue weighted by atomic mass is 35.5. The van der Waals surface area contributed by atoms with Gasteiger partial charge in [0.2, 0.25) is 5.91 Å². The van der Waals surface area contributed by atoms with Gasteiger partial charge in [-0.25, -0.2) is 0 Å². The van der Waals surface area contributed by atoms with Crippen LogP contribution in [0.3, 0.4) is 0 Å². The molecule has 1 unspecified atom stereocenters. The molecule has 1 amide bonds. The van der Waals surface area contributed by atoms with Crippen molar-refractivity contribution in [3.63, 3.8) is 0 Å². The lowest BCUT2D eigenvalue weighted by molar-refractivity contribution is -0.117. The van der Waals surface area contributed by atoms with Crippen molar-refractivity contribution in [1.82, 2.24) is 0 Å². The smallest absolute Gasteiger partial charge is 0.241 e. The number of benzene rings is 1. The molecule has 0 spiro atoms. The van der Waals surface area contributed by atoms with Crippen LogP contribution >= 0.6 is 12.4 Å². The number of carbonyl (C=O) groups excluding carboxylic acids is 1. The van der Waals surface area contributed by atoms with E-state index in [0.717, 1.165) is 31.5 Å². The fraction of sp³-hybridized carbons (Fsp3) is 0.500. The number of hydrogen-bond donors (Lipinski definition) is 2. The van der Waals surface area contributed by atoms with E-state index in [2.05, 4.69) is 23.3 Å². The van der Waals surface area contributed by atoms with Crippen LogP contribution in [-0.2, 0) is 11.2 Å². The van der Waals surface area contributed by atoms with Gasteiger partial charge in [0, 0.05) is 25.0 Å². The summed E-state index contributed by atoms with van der Waals surface area (Å²) in [7, 11) is 2.07. The zero-order chi connectivity index (χ0) is 13.1. The largest absolute Gasteiger partial charge is 0.374 e. The first kappa shape index (κ1) is 15.8. The van der Waals surface area contributed by atoms with Crippen LogP contribution < -0.4 is 16.0 Å². The molecule has 1 aromatic carbocycles. The van der Waals surface area contributed by atoms with Gasteiger partial charge in [-0.3, -0.25) is 4.79 Å². The summed E-state index contributed by atoms with van der Waals surface area (Å²) in [4.78, 5) is 14.0. The van der Waals surface area contributed by atoms with Crippen molar-refractivity contribution in [1.29, 1.82) is 0 Å². The van der Waals surface area contributed by atoms with Gasteiger partial charge in [0.1, 0.15) is 0 Å². The average molecular weight is 284 g/mol. The normalized spacial score (nSPS) is 14.6. The molecule has 0 saturated heterocycles. The molecule has 2 rings (SSSR count). The highest BCUT2D eigenvalue weighted by Gasteiger charge is 2.17. The molecule has 4 nitrogen and oxygen atoms in total. The quantitative estimate of drug-likeness (QED) is 0.890. The molecule has 19 heavy (non-hydrogen) atoms. The number of hydrogen-bond acceptors (Lipinski definition) is 3. The maximum Gasteiger partial charge on any atom is 0.241 e. The number of rotatable bonds is 4. The molecule has 3 N–H and O–H groups in total. The third kappa shape index (κ3) is 3.61. The first-order valence-electron chi connectivity index (χ1n) is 6.52. The number of nitrogens with one attached hydrogen (secondary N) is 1. The van der Waals surface area contributed by atoms with Gasteiger partial charge in [-0.2, -0.15) is 0 Å². The van der Waals surface area contributed by atoms with Crippen LogP contribution in [0.4, 0.5) is 11.4 Å². The molecule has 1 atom stereocenters. The van der Waals surface area contributed by atoms with Gasteiger partial charge in [-0.1, -0.05) is 19.4 Å². The van der Waals surface area contributed by atoms with Crippen molar-refractivity contribution >= 4 is 29.7 Å². The highest BCUT2D eigenvalue weighted by molar-refractivity contribution is 5.95. The van der Waals surface area contributed by atoms with Gasteiger partial charge in [0.25, 0.3) is 0 Å². The summed E-state index contributed by atoms with van der Waals surface area (Å²) < 4.78 is 0. The van der Waals surface area contributed by atoms with Gasteiger partial charge >= 0.3 is 0 Å². The number of amides is 1. The van der Waals surface area contributed by atoms with Gasteiger partial charge in [-0.05, 0) is 30.5 Å². The minimum Gasteiger partial charge on any atom is -0.374 e. The number of carbonyl (C=O) groups is 1. The summed E-state index contributed by atoms with van der Waals surface area (Å²) in [6.07, 6.45) is 2.72. The van der Waals surface area contributed by atoms with E-state index in [1.807, 2.05) is 19.1 Å². The molecule has 0 aliphatic carbocycles. The Morgan fingerprint density at radius 3 is 2.95 bits per heavy atom. The number of anilines is 2. The maximum atomic E-state index is 11.8. The second-order valence-electron chi connectivity index (χ2n) is 4.90. The predicted octanol–water partition coefficient (Wildman–Crippen LogP) is 2.17. The fourth-order valence-corrected chi connectivity index (χ4v) is 2.29. The van der Waals surface area contributed by atoms with E-state index in [1.54, 1.807) is 0 Å². The van der Waals surface area contributed by atoms with E-state index >= 15 is 0 Å². The van der Waals surface area contributed by atoms with Crippen LogP contribution in [0.15, 0.2) is 18.2 Å². The summed E-state index contributed by atoms with van der Waals surface area (Å²) in [6, 6.07) is 5.65. The third-order valence-electron chi connectivity index (χ3n) is 3.42. The van der Waals surface area contributed by atoms with Crippen molar-refractivity contribution in [3.8, 4) is 0 Å². The second-order valence-corrected chi connectivity index (χ2v) is 4.90. The summed E-state index contributed by atoms with van der Waals surface area (Å²) >= 11 is 0. The van der Waals surface area contributed by atoms with Crippen LogP contribution in [0.5, 0.6) is 0 Å². The Hall–Kier alpha value is -1.26. The Kier molecular flexibility index (Phi) is 5.63. The zero-order valence-corrected chi connectivity index (χ0v) is 12.3. The van der Waals surface area contributed by atoms with Gasteiger partial charge in [0.05, 0.1) is 6.04 Å². The van der Waals surface area contributed by atoms with Crippen LogP contribution in [0.2, 0.25) is 0 Å². The number of fused-ring (bicyclic) bond motifs is 1. The van der Waals surface area contributed by atoms with Crippen molar-refractivity contribution in [2.24, 2.45) is 5.73 Å². The predicted molar refractivity (Wildman–Crippen MR) is 82.2 cm³/mol. The number of nitrogens with zero attached hydrogens (tertiary/aromatic N) is 1. The topological polar surface area (TPSA) is 58.4 Å². The van der Waals surface area contributed by atoms with Crippen LogP contribution in [-0.4, -0.2) is 25.5 Å². The fourth-order valence-electron chi connectivity index (χ4n) is 2.29. The molecule has 1 heterocycles. The van der Waals surface area contributed by atoms with E-state index in [0.29, 0.717) is 0 Å². The zero-order valence-electron chi connectivity index (χ0n) is 11.5. The minimum absolute atomic E-state index is 0. The van der Waals surface area contributed by atoms with Crippen molar-refractivity contribution < 1.29 is 4.79 Å². The van der Waals surface area contributed by atoms with Gasteiger partial charge < -0.3 is 16.0 Å². The number of halogens is 1. The van der Waals surface area contributed by atoms with Crippen molar-refractivity contribution in [2.75, 3.05) is 23.8 Å². The molecule has 0 bridgehead atoms. The Labute approximate surface area is 120 Å². The molecule has 1 aliphatic rings. The molecule has 0 fully saturated rings. The molecule has 0 aromatic heterocycles. The first-order valence-corrected chi connectivity index (χ1v) is 6.52. The molecular formula is C14H22ClN3O. The first-order chi connectivity index (χ1) is 8.61. The van der Waals surface area contributed by atoms with E-state index < -0.39 is 6.04 Å². The van der Waals surface area contributed by atoms with E-state index in [9.17, 15) is 4.79 Å². The Bertz CT molecular complexity index is 450. The maximum absolute atomic E-state index is 11.8. The summed E-state index contributed by atoms with van der Waals surface area (Å²) in [5.74, 6) is -0.0996. The summed E-state index contributed by atoms with van der Waals surface area (Å²) in [6.45, 7) is 3.07. The summed E-state index contributed by atoms with van der Waals surface area (Å²) in [5, 5.41) is 2.89. The molecule has 5 heteroatoms. The monoisotopic (exact) mass is 283 g/mol. The lowest BCUT2D eigenvalue weighted by Gasteiger charge is -2.15. The number of likely N-dealkylation sites (N-methyl/N-ethyl adjacent to an activating group) is 1. The Balaban J connectivity index is 0.00000180. The lowest BCUT2D eigenvalue weighted by Crippen LogP contribution is -2.35. The van der Waals surface area contributed by atoms with E-state index in [1.165, 1.54) is 11.3 Å². The lowest BCUT2D eigenvalue weighted by atomic mass is 10.1. The minimum atomic E-state index is -0.416. The highest BCUT2D eigenvalue weighted by Crippen LogP contribution is 2.29. The molecule has 1 aromatic rings. The average Bonchev–Trinajstić information content (AvgIpc) is 2.71. The van der Waals surface area contributed by atoms with Crippen LogP contribution in [0.25, 0.3) is 0 Å². The number of nitrogens with two attached hydrogens (primary N) is 1. The molecule has 0 radical (unpaired) electrons. The van der Waals surface area contributed by atoms with E-state index in [-0.39, 0.29) is 18.3 Å². The Morgan fingerprint density at radius 1 is 1.53 bits per heavy atom.